The monoisotopic (exact) mass is 436 g/mol. The summed E-state index contributed by atoms with van der Waals surface area (Å²) in [5, 5.41) is 5.48. The van der Waals surface area contributed by atoms with Gasteiger partial charge >= 0.3 is 0 Å². The zero-order valence-electron chi connectivity index (χ0n) is 17.0. The standard InChI is InChI=1S/C23H24N4O3S/c24-21(28)16-4-8-19(9-5-16)30-20-10-6-17(7-11-20)22(29)26-23-25-18(15-31-23)14-27-12-2-1-3-13-27/h4-11,15H,1-3,12-14H2,(H2,24,28)(H,25,26,29). The van der Waals surface area contributed by atoms with Crippen LogP contribution in [0.1, 0.15) is 45.7 Å². The Balaban J connectivity index is 1.32. The van der Waals surface area contributed by atoms with E-state index < -0.39 is 5.91 Å². The zero-order chi connectivity index (χ0) is 21.6. The van der Waals surface area contributed by atoms with Gasteiger partial charge in [-0.3, -0.25) is 19.8 Å². The lowest BCUT2D eigenvalue weighted by Gasteiger charge is -2.25. The highest BCUT2D eigenvalue weighted by Crippen LogP contribution is 2.23. The van der Waals surface area contributed by atoms with Crippen LogP contribution in [-0.4, -0.2) is 34.8 Å². The Morgan fingerprint density at radius 2 is 1.58 bits per heavy atom. The van der Waals surface area contributed by atoms with E-state index in [1.165, 1.54) is 30.6 Å². The number of primary amides is 1. The third kappa shape index (κ3) is 5.68. The summed E-state index contributed by atoms with van der Waals surface area (Å²) in [7, 11) is 0. The molecule has 0 radical (unpaired) electrons. The molecule has 3 aromatic rings. The van der Waals surface area contributed by atoms with Crippen molar-refractivity contribution in [3.8, 4) is 11.5 Å². The lowest BCUT2D eigenvalue weighted by Crippen LogP contribution is -2.29. The molecule has 1 fully saturated rings. The molecule has 0 unspecified atom stereocenters. The number of rotatable bonds is 7. The number of likely N-dealkylation sites (tertiary alicyclic amines) is 1. The predicted molar refractivity (Wildman–Crippen MR) is 121 cm³/mol. The second-order valence-electron chi connectivity index (χ2n) is 7.45. The van der Waals surface area contributed by atoms with Crippen molar-refractivity contribution in [2.45, 2.75) is 25.8 Å². The van der Waals surface area contributed by atoms with Crippen LogP contribution in [0.4, 0.5) is 5.13 Å². The van der Waals surface area contributed by atoms with E-state index in [0.29, 0.717) is 27.8 Å². The van der Waals surface area contributed by atoms with E-state index in [9.17, 15) is 9.59 Å². The van der Waals surface area contributed by atoms with Crippen LogP contribution in [0.3, 0.4) is 0 Å². The number of carbonyl (C=O) groups excluding carboxylic acids is 2. The minimum atomic E-state index is -0.485. The highest BCUT2D eigenvalue weighted by atomic mass is 32.1. The lowest BCUT2D eigenvalue weighted by atomic mass is 10.1. The Morgan fingerprint density at radius 1 is 0.968 bits per heavy atom. The third-order valence-corrected chi connectivity index (χ3v) is 5.90. The Labute approximate surface area is 184 Å². The van der Waals surface area contributed by atoms with E-state index in [1.807, 2.05) is 5.38 Å². The highest BCUT2D eigenvalue weighted by molar-refractivity contribution is 7.14. The number of piperidine rings is 1. The summed E-state index contributed by atoms with van der Waals surface area (Å²) in [4.78, 5) is 30.6. The maximum atomic E-state index is 12.5. The first-order valence-corrected chi connectivity index (χ1v) is 11.1. The molecular formula is C23H24N4O3S. The Morgan fingerprint density at radius 3 is 2.19 bits per heavy atom. The van der Waals surface area contributed by atoms with Crippen molar-refractivity contribution in [1.82, 2.24) is 9.88 Å². The second kappa shape index (κ2) is 9.72. The van der Waals surface area contributed by atoms with Gasteiger partial charge < -0.3 is 10.5 Å². The van der Waals surface area contributed by atoms with E-state index in [0.717, 1.165) is 25.3 Å². The summed E-state index contributed by atoms with van der Waals surface area (Å²) >= 11 is 1.44. The summed E-state index contributed by atoms with van der Waals surface area (Å²) in [6, 6.07) is 13.4. The average Bonchev–Trinajstić information content (AvgIpc) is 3.22. The largest absolute Gasteiger partial charge is 0.457 e. The summed E-state index contributed by atoms with van der Waals surface area (Å²) in [5.41, 5.74) is 7.17. The third-order valence-electron chi connectivity index (χ3n) is 5.10. The van der Waals surface area contributed by atoms with Crippen molar-refractivity contribution < 1.29 is 14.3 Å². The number of nitrogens with one attached hydrogen (secondary N) is 1. The van der Waals surface area contributed by atoms with Crippen LogP contribution in [0.2, 0.25) is 0 Å². The molecule has 160 valence electrons. The maximum Gasteiger partial charge on any atom is 0.257 e. The van der Waals surface area contributed by atoms with Gasteiger partial charge in [0.25, 0.3) is 5.91 Å². The van der Waals surface area contributed by atoms with Gasteiger partial charge in [-0.25, -0.2) is 4.98 Å². The van der Waals surface area contributed by atoms with Gasteiger partial charge in [-0.1, -0.05) is 6.42 Å². The lowest BCUT2D eigenvalue weighted by molar-refractivity contribution is 0.0997. The number of nitrogens with two attached hydrogens (primary N) is 1. The minimum absolute atomic E-state index is 0.212. The van der Waals surface area contributed by atoms with Crippen LogP contribution in [-0.2, 0) is 6.54 Å². The number of hydrogen-bond donors (Lipinski definition) is 2. The summed E-state index contributed by atoms with van der Waals surface area (Å²) in [6.07, 6.45) is 3.79. The number of aromatic nitrogens is 1. The molecule has 1 aromatic heterocycles. The van der Waals surface area contributed by atoms with Gasteiger partial charge in [-0.15, -0.1) is 11.3 Å². The maximum absolute atomic E-state index is 12.5. The molecule has 4 rings (SSSR count). The van der Waals surface area contributed by atoms with Crippen LogP contribution in [0.25, 0.3) is 0 Å². The molecule has 2 amide bonds. The summed E-state index contributed by atoms with van der Waals surface area (Å²) in [6.45, 7) is 3.06. The summed E-state index contributed by atoms with van der Waals surface area (Å²) in [5.74, 6) is 0.463. The number of nitrogens with zero attached hydrogens (tertiary/aromatic N) is 2. The fraction of sp³-hybridized carbons (Fsp3) is 0.261. The molecule has 1 saturated heterocycles. The van der Waals surface area contributed by atoms with Gasteiger partial charge in [0.05, 0.1) is 5.69 Å². The zero-order valence-corrected chi connectivity index (χ0v) is 17.9. The molecule has 3 N–H and O–H groups in total. The first kappa shape index (κ1) is 21.0. The van der Waals surface area contributed by atoms with Crippen LogP contribution >= 0.6 is 11.3 Å². The van der Waals surface area contributed by atoms with Gasteiger partial charge in [0, 0.05) is 23.1 Å². The van der Waals surface area contributed by atoms with Crippen molar-refractivity contribution >= 4 is 28.3 Å². The van der Waals surface area contributed by atoms with Crippen molar-refractivity contribution in [1.29, 1.82) is 0 Å². The number of anilines is 1. The second-order valence-corrected chi connectivity index (χ2v) is 8.31. The molecule has 2 aromatic carbocycles. The first-order valence-electron chi connectivity index (χ1n) is 10.2. The Hall–Kier alpha value is -3.23. The highest BCUT2D eigenvalue weighted by Gasteiger charge is 2.14. The first-order chi connectivity index (χ1) is 15.1. The van der Waals surface area contributed by atoms with E-state index in [1.54, 1.807) is 48.5 Å². The molecule has 1 aliphatic heterocycles. The Bertz CT molecular complexity index is 1040. The van der Waals surface area contributed by atoms with Gasteiger partial charge in [0.2, 0.25) is 5.91 Å². The van der Waals surface area contributed by atoms with E-state index in [4.69, 9.17) is 10.5 Å². The molecule has 31 heavy (non-hydrogen) atoms. The predicted octanol–water partition coefficient (Wildman–Crippen LogP) is 4.27. The molecule has 8 heteroatoms. The van der Waals surface area contributed by atoms with E-state index in [2.05, 4.69) is 15.2 Å². The van der Waals surface area contributed by atoms with Crippen LogP contribution in [0, 0.1) is 0 Å². The minimum Gasteiger partial charge on any atom is -0.457 e. The average molecular weight is 437 g/mol. The smallest absolute Gasteiger partial charge is 0.257 e. The number of hydrogen-bond acceptors (Lipinski definition) is 6. The van der Waals surface area contributed by atoms with Crippen LogP contribution in [0.15, 0.2) is 53.9 Å². The van der Waals surface area contributed by atoms with Crippen molar-refractivity contribution in [2.75, 3.05) is 18.4 Å². The molecule has 0 spiro atoms. The molecule has 1 aliphatic rings. The molecule has 7 nitrogen and oxygen atoms in total. The van der Waals surface area contributed by atoms with Crippen molar-refractivity contribution in [3.05, 3.63) is 70.7 Å². The molecule has 0 aliphatic carbocycles. The normalized spacial score (nSPS) is 14.2. The number of ether oxygens (including phenoxy) is 1. The number of carbonyl (C=O) groups is 2. The molecule has 0 atom stereocenters. The van der Waals surface area contributed by atoms with Gasteiger partial charge in [0.1, 0.15) is 11.5 Å². The molecular weight excluding hydrogens is 412 g/mol. The Kier molecular flexibility index (Phi) is 6.59. The quantitative estimate of drug-likeness (QED) is 0.576. The number of amides is 2. The van der Waals surface area contributed by atoms with Gasteiger partial charge in [0.15, 0.2) is 5.13 Å². The van der Waals surface area contributed by atoms with E-state index >= 15 is 0 Å². The molecule has 0 bridgehead atoms. The van der Waals surface area contributed by atoms with Crippen molar-refractivity contribution in [2.24, 2.45) is 5.73 Å². The fourth-order valence-corrected chi connectivity index (χ4v) is 4.15. The van der Waals surface area contributed by atoms with E-state index in [-0.39, 0.29) is 5.91 Å². The SMILES string of the molecule is NC(=O)c1ccc(Oc2ccc(C(=O)Nc3nc(CN4CCCCC4)cs3)cc2)cc1. The van der Waals surface area contributed by atoms with Crippen molar-refractivity contribution in [3.63, 3.8) is 0 Å². The summed E-state index contributed by atoms with van der Waals surface area (Å²) < 4.78 is 5.74. The van der Waals surface area contributed by atoms with Crippen LogP contribution in [0.5, 0.6) is 11.5 Å². The molecule has 0 saturated carbocycles. The number of thiazole rings is 1. The fourth-order valence-electron chi connectivity index (χ4n) is 3.45. The van der Waals surface area contributed by atoms with Crippen LogP contribution < -0.4 is 15.8 Å². The molecule has 2 heterocycles. The van der Waals surface area contributed by atoms with Gasteiger partial charge in [-0.05, 0) is 74.5 Å². The van der Waals surface area contributed by atoms with Gasteiger partial charge in [-0.2, -0.15) is 0 Å². The number of benzene rings is 2. The topological polar surface area (TPSA) is 97.6 Å².